The highest BCUT2D eigenvalue weighted by molar-refractivity contribution is 5.83. The maximum atomic E-state index is 11.9. The minimum atomic E-state index is -1.02. The summed E-state index contributed by atoms with van der Waals surface area (Å²) in [4.78, 5) is 50.2. The van der Waals surface area contributed by atoms with Gasteiger partial charge in [-0.25, -0.2) is 15.0 Å². The molecule has 0 saturated carbocycles. The highest BCUT2D eigenvalue weighted by atomic mass is 16.7. The summed E-state index contributed by atoms with van der Waals surface area (Å²) >= 11 is 0. The molecule has 0 spiro atoms. The van der Waals surface area contributed by atoms with Crippen LogP contribution in [0.2, 0.25) is 0 Å². The van der Waals surface area contributed by atoms with Gasteiger partial charge in [0, 0.05) is 33.9 Å². The number of ether oxygens (including phenoxy) is 5. The molecule has 4 heterocycles. The van der Waals surface area contributed by atoms with Crippen LogP contribution >= 0.6 is 0 Å². The average Bonchev–Trinajstić information content (AvgIpc) is 3.34. The molecule has 0 bridgehead atoms. The van der Waals surface area contributed by atoms with Crippen molar-refractivity contribution in [1.82, 2.24) is 19.5 Å². The van der Waals surface area contributed by atoms with E-state index in [0.717, 1.165) is 0 Å². The molecule has 0 N–H and O–H groups in total. The van der Waals surface area contributed by atoms with E-state index in [2.05, 4.69) is 19.9 Å². The van der Waals surface area contributed by atoms with Crippen LogP contribution in [0, 0.1) is 0 Å². The molecule has 2 aromatic rings. The van der Waals surface area contributed by atoms with E-state index in [9.17, 15) is 14.4 Å². The van der Waals surface area contributed by atoms with Gasteiger partial charge >= 0.3 is 17.9 Å². The lowest BCUT2D eigenvalue weighted by Crippen LogP contribution is -2.40. The molecule has 0 radical (unpaired) electrons. The van der Waals surface area contributed by atoms with Crippen molar-refractivity contribution < 1.29 is 38.1 Å². The Hall–Kier alpha value is -3.32. The number of morpholine rings is 1. The third-order valence-electron chi connectivity index (χ3n) is 5.26. The molecule has 2 fully saturated rings. The summed E-state index contributed by atoms with van der Waals surface area (Å²) in [6.45, 7) is 6.01. The van der Waals surface area contributed by atoms with E-state index in [0.29, 0.717) is 43.3 Å². The molecule has 0 aliphatic carbocycles. The molecule has 2 aliphatic rings. The number of esters is 3. The van der Waals surface area contributed by atoms with Crippen molar-refractivity contribution in [1.29, 1.82) is 0 Å². The SMILES string of the molecule is CC(=O)OC[C@H]1O[C@@H](n2cnc3c(N4CCOCC4)ncnc32)C(OC(C)=O)C1OC(C)=O. The van der Waals surface area contributed by atoms with Gasteiger partial charge in [-0.2, -0.15) is 0 Å². The topological polar surface area (TPSA) is 144 Å². The second-order valence-corrected chi connectivity index (χ2v) is 7.64. The first kappa shape index (κ1) is 22.9. The number of hydrogen-bond acceptors (Lipinski definition) is 12. The summed E-state index contributed by atoms with van der Waals surface area (Å²) in [5, 5.41) is 0. The molecule has 2 unspecified atom stereocenters. The van der Waals surface area contributed by atoms with Gasteiger partial charge in [0.05, 0.1) is 19.5 Å². The lowest BCUT2D eigenvalue weighted by atomic mass is 10.1. The van der Waals surface area contributed by atoms with Gasteiger partial charge in [-0.1, -0.05) is 0 Å². The highest BCUT2D eigenvalue weighted by Crippen LogP contribution is 2.36. The quantitative estimate of drug-likeness (QED) is 0.419. The van der Waals surface area contributed by atoms with Gasteiger partial charge < -0.3 is 28.6 Å². The smallest absolute Gasteiger partial charge is 0.303 e. The van der Waals surface area contributed by atoms with Crippen molar-refractivity contribution in [2.75, 3.05) is 37.8 Å². The van der Waals surface area contributed by atoms with E-state index in [4.69, 9.17) is 23.7 Å². The van der Waals surface area contributed by atoms with Gasteiger partial charge in [0.25, 0.3) is 0 Å². The summed E-state index contributed by atoms with van der Waals surface area (Å²) in [6.07, 6.45) is -0.911. The Morgan fingerprint density at radius 1 is 1.00 bits per heavy atom. The van der Waals surface area contributed by atoms with Crippen LogP contribution in [0.4, 0.5) is 5.82 Å². The normalized spacial score (nSPS) is 25.1. The molecule has 0 aromatic carbocycles. The molecule has 2 aromatic heterocycles. The minimum Gasteiger partial charge on any atom is -0.463 e. The van der Waals surface area contributed by atoms with E-state index >= 15 is 0 Å². The Balaban J connectivity index is 1.71. The Morgan fingerprint density at radius 2 is 1.70 bits per heavy atom. The Morgan fingerprint density at radius 3 is 2.36 bits per heavy atom. The second-order valence-electron chi connectivity index (χ2n) is 7.64. The lowest BCUT2D eigenvalue weighted by Gasteiger charge is -2.27. The zero-order valence-electron chi connectivity index (χ0n) is 18.5. The highest BCUT2D eigenvalue weighted by Gasteiger charge is 2.51. The van der Waals surface area contributed by atoms with Crippen LogP contribution in [0.1, 0.15) is 27.0 Å². The largest absolute Gasteiger partial charge is 0.463 e. The first-order valence-electron chi connectivity index (χ1n) is 10.5. The van der Waals surface area contributed by atoms with Crippen molar-refractivity contribution in [3.05, 3.63) is 12.7 Å². The average molecular weight is 463 g/mol. The molecule has 13 nitrogen and oxygen atoms in total. The molecule has 4 rings (SSSR count). The van der Waals surface area contributed by atoms with E-state index in [1.807, 2.05) is 0 Å². The van der Waals surface area contributed by atoms with Gasteiger partial charge in [0.15, 0.2) is 35.4 Å². The monoisotopic (exact) mass is 463 g/mol. The van der Waals surface area contributed by atoms with E-state index in [1.165, 1.54) is 33.4 Å². The maximum Gasteiger partial charge on any atom is 0.303 e. The van der Waals surface area contributed by atoms with Crippen molar-refractivity contribution in [3.8, 4) is 0 Å². The number of fused-ring (bicyclic) bond motifs is 1. The Kier molecular flexibility index (Phi) is 6.70. The summed E-state index contributed by atoms with van der Waals surface area (Å²) in [5.41, 5.74) is 0.986. The zero-order chi connectivity index (χ0) is 23.5. The fourth-order valence-corrected chi connectivity index (χ4v) is 3.95. The zero-order valence-corrected chi connectivity index (χ0v) is 18.5. The summed E-state index contributed by atoms with van der Waals surface area (Å²) in [6, 6.07) is 0. The summed E-state index contributed by atoms with van der Waals surface area (Å²) in [7, 11) is 0. The van der Waals surface area contributed by atoms with Gasteiger partial charge in [-0.3, -0.25) is 19.0 Å². The fourth-order valence-electron chi connectivity index (χ4n) is 3.95. The molecule has 4 atom stereocenters. The van der Waals surface area contributed by atoms with E-state index in [1.54, 1.807) is 4.57 Å². The number of carbonyl (C=O) groups is 3. The van der Waals surface area contributed by atoms with Gasteiger partial charge in [0.1, 0.15) is 19.0 Å². The van der Waals surface area contributed by atoms with Crippen LogP contribution in [0.5, 0.6) is 0 Å². The molecule has 2 saturated heterocycles. The van der Waals surface area contributed by atoms with Crippen molar-refractivity contribution in [2.45, 2.75) is 45.3 Å². The molecule has 0 amide bonds. The lowest BCUT2D eigenvalue weighted by molar-refractivity contribution is -0.166. The van der Waals surface area contributed by atoms with Gasteiger partial charge in [0.2, 0.25) is 0 Å². The molecule has 33 heavy (non-hydrogen) atoms. The van der Waals surface area contributed by atoms with Crippen molar-refractivity contribution >= 4 is 34.9 Å². The van der Waals surface area contributed by atoms with Crippen LogP contribution < -0.4 is 4.90 Å². The third kappa shape index (κ3) is 4.88. The summed E-state index contributed by atoms with van der Waals surface area (Å²) < 4.78 is 29.1. The Bertz CT molecular complexity index is 1040. The predicted octanol–water partition coefficient (Wildman–Crippen LogP) is -0.0132. The first-order valence-corrected chi connectivity index (χ1v) is 10.5. The maximum absolute atomic E-state index is 11.9. The number of anilines is 1. The number of imidazole rings is 1. The molecule has 2 aliphatic heterocycles. The molecule has 13 heteroatoms. The van der Waals surface area contributed by atoms with Crippen LogP contribution in [0.3, 0.4) is 0 Å². The number of rotatable bonds is 6. The van der Waals surface area contributed by atoms with Crippen LogP contribution in [-0.2, 0) is 38.1 Å². The minimum absolute atomic E-state index is 0.192. The second kappa shape index (κ2) is 9.67. The number of carbonyl (C=O) groups excluding carboxylic acids is 3. The van der Waals surface area contributed by atoms with Gasteiger partial charge in [-0.05, 0) is 0 Å². The molecular weight excluding hydrogens is 438 g/mol. The van der Waals surface area contributed by atoms with E-state index in [-0.39, 0.29) is 6.61 Å². The van der Waals surface area contributed by atoms with Crippen LogP contribution in [0.25, 0.3) is 11.2 Å². The Labute approximate surface area is 188 Å². The fraction of sp³-hybridized carbons (Fsp3) is 0.600. The molecule has 178 valence electrons. The first-order chi connectivity index (χ1) is 15.8. The van der Waals surface area contributed by atoms with Crippen LogP contribution in [0.15, 0.2) is 12.7 Å². The van der Waals surface area contributed by atoms with Crippen molar-refractivity contribution in [2.24, 2.45) is 0 Å². The number of aromatic nitrogens is 4. The van der Waals surface area contributed by atoms with E-state index < -0.39 is 42.4 Å². The number of nitrogens with zero attached hydrogens (tertiary/aromatic N) is 5. The third-order valence-corrected chi connectivity index (χ3v) is 5.26. The van der Waals surface area contributed by atoms with Gasteiger partial charge in [-0.15, -0.1) is 0 Å². The predicted molar refractivity (Wildman–Crippen MR) is 110 cm³/mol. The molecular formula is C20H25N5O8. The standard InChI is InChI=1S/C20H25N5O8/c1-11(26)30-8-14-16(31-12(2)27)17(32-13(3)28)20(33-14)25-10-23-15-18(21-9-22-19(15)25)24-4-6-29-7-5-24/h9-10,14,16-17,20H,4-8H2,1-3H3/t14-,16?,17?,20-/m1/s1. The number of hydrogen-bond donors (Lipinski definition) is 0. The van der Waals surface area contributed by atoms with Crippen LogP contribution in [-0.4, -0.2) is 88.6 Å². The summed E-state index contributed by atoms with van der Waals surface area (Å²) in [5.74, 6) is -1.06. The van der Waals surface area contributed by atoms with Crippen molar-refractivity contribution in [3.63, 3.8) is 0 Å².